The van der Waals surface area contributed by atoms with E-state index < -0.39 is 4.92 Å². The molecule has 0 saturated heterocycles. The summed E-state index contributed by atoms with van der Waals surface area (Å²) in [4.78, 5) is 16.1. The van der Waals surface area contributed by atoms with Gasteiger partial charge in [0.2, 0.25) is 5.82 Å². The summed E-state index contributed by atoms with van der Waals surface area (Å²) >= 11 is 3.48. The number of rotatable bonds is 4. The third-order valence-electron chi connectivity index (χ3n) is 2.84. The lowest BCUT2D eigenvalue weighted by molar-refractivity contribution is -0.384. The quantitative estimate of drug-likeness (QED) is 0.685. The topological polar surface area (TPSA) is 85.3 Å². The molecule has 0 radical (unpaired) electrons. The fraction of sp³-hybridized carbons (Fsp3) is 0.154. The molecule has 0 aliphatic rings. The number of pyridine rings is 1. The lowest BCUT2D eigenvalue weighted by Gasteiger charge is -2.19. The summed E-state index contributed by atoms with van der Waals surface area (Å²) in [5.74, 6) is 0.510. The van der Waals surface area contributed by atoms with Crippen LogP contribution >= 0.6 is 15.9 Å². The van der Waals surface area contributed by atoms with Crippen LogP contribution < -0.4 is 10.6 Å². The summed E-state index contributed by atoms with van der Waals surface area (Å²) in [6.45, 7) is 0.617. The summed E-state index contributed by atoms with van der Waals surface area (Å²) < 4.78 is 1.00. The van der Waals surface area contributed by atoms with Crippen molar-refractivity contribution in [3.05, 3.63) is 56.5 Å². The van der Waals surface area contributed by atoms with Gasteiger partial charge in [-0.25, -0.2) is 4.98 Å². The van der Waals surface area contributed by atoms with Gasteiger partial charge in [-0.3, -0.25) is 10.1 Å². The van der Waals surface area contributed by atoms with Crippen molar-refractivity contribution in [1.82, 2.24) is 4.98 Å². The largest absolute Gasteiger partial charge is 0.378 e. The van der Waals surface area contributed by atoms with Crippen LogP contribution in [0.5, 0.6) is 0 Å². The number of hydrogen-bond donors (Lipinski definition) is 1. The molecule has 0 aliphatic carbocycles. The van der Waals surface area contributed by atoms with Gasteiger partial charge in [0.15, 0.2) is 0 Å². The molecule has 0 amide bonds. The molecule has 2 rings (SSSR count). The van der Waals surface area contributed by atoms with Crippen molar-refractivity contribution in [3.8, 4) is 0 Å². The molecule has 0 atom stereocenters. The summed E-state index contributed by atoms with van der Waals surface area (Å²) in [6.07, 6.45) is 0. The van der Waals surface area contributed by atoms with Gasteiger partial charge in [-0.2, -0.15) is 0 Å². The maximum atomic E-state index is 10.7. The highest BCUT2D eigenvalue weighted by atomic mass is 79.9. The fourth-order valence-corrected chi connectivity index (χ4v) is 2.20. The Bertz CT molecular complexity index is 648. The van der Waals surface area contributed by atoms with Crippen LogP contribution in [-0.4, -0.2) is 17.0 Å². The Morgan fingerprint density at radius 2 is 2.05 bits per heavy atom. The molecule has 0 bridgehead atoms. The van der Waals surface area contributed by atoms with Crippen molar-refractivity contribution < 1.29 is 4.92 Å². The van der Waals surface area contributed by atoms with Crippen LogP contribution in [-0.2, 0) is 6.54 Å². The molecule has 1 heterocycles. The molecule has 0 spiro atoms. The van der Waals surface area contributed by atoms with E-state index in [0.29, 0.717) is 12.4 Å². The van der Waals surface area contributed by atoms with Crippen LogP contribution in [0.2, 0.25) is 0 Å². The third kappa shape index (κ3) is 3.05. The van der Waals surface area contributed by atoms with E-state index in [1.54, 1.807) is 6.07 Å². The SMILES string of the molecule is CN(Cc1ccccc1Br)c1ccc([N+](=O)[O-])c(N)n1. The van der Waals surface area contributed by atoms with Crippen molar-refractivity contribution in [2.75, 3.05) is 17.7 Å². The summed E-state index contributed by atoms with van der Waals surface area (Å²) in [7, 11) is 1.85. The van der Waals surface area contributed by atoms with Crippen molar-refractivity contribution in [2.24, 2.45) is 0 Å². The first-order valence-electron chi connectivity index (χ1n) is 5.84. The molecule has 6 nitrogen and oxygen atoms in total. The molecule has 2 N–H and O–H groups in total. The van der Waals surface area contributed by atoms with E-state index in [2.05, 4.69) is 20.9 Å². The maximum absolute atomic E-state index is 10.7. The Balaban J connectivity index is 2.22. The summed E-state index contributed by atoms with van der Waals surface area (Å²) in [6, 6.07) is 10.8. The highest BCUT2D eigenvalue weighted by Gasteiger charge is 2.14. The minimum absolute atomic E-state index is 0.0773. The first kappa shape index (κ1) is 14.3. The number of nitrogens with zero attached hydrogens (tertiary/aromatic N) is 3. The Hall–Kier alpha value is -2.15. The van der Waals surface area contributed by atoms with Gasteiger partial charge in [0.05, 0.1) is 4.92 Å². The monoisotopic (exact) mass is 336 g/mol. The second-order valence-electron chi connectivity index (χ2n) is 4.28. The first-order chi connectivity index (χ1) is 9.49. The highest BCUT2D eigenvalue weighted by Crippen LogP contribution is 2.24. The fourth-order valence-electron chi connectivity index (χ4n) is 1.79. The van der Waals surface area contributed by atoms with Crippen molar-refractivity contribution in [2.45, 2.75) is 6.54 Å². The van der Waals surface area contributed by atoms with Crippen molar-refractivity contribution in [3.63, 3.8) is 0 Å². The van der Waals surface area contributed by atoms with E-state index in [4.69, 9.17) is 5.73 Å². The smallest absolute Gasteiger partial charge is 0.311 e. The van der Waals surface area contributed by atoms with Crippen molar-refractivity contribution >= 4 is 33.3 Å². The van der Waals surface area contributed by atoms with Crippen LogP contribution in [0.4, 0.5) is 17.3 Å². The number of halogens is 1. The van der Waals surface area contributed by atoms with Crippen LogP contribution in [0.25, 0.3) is 0 Å². The van der Waals surface area contributed by atoms with Gasteiger partial charge in [0, 0.05) is 24.1 Å². The molecule has 2 aromatic rings. The van der Waals surface area contributed by atoms with Crippen LogP contribution in [0.3, 0.4) is 0 Å². The Morgan fingerprint density at radius 3 is 2.65 bits per heavy atom. The second kappa shape index (κ2) is 5.87. The number of benzene rings is 1. The van der Waals surface area contributed by atoms with Gasteiger partial charge in [-0.1, -0.05) is 34.1 Å². The van der Waals surface area contributed by atoms with Gasteiger partial charge in [0.1, 0.15) is 5.82 Å². The van der Waals surface area contributed by atoms with Gasteiger partial charge in [-0.15, -0.1) is 0 Å². The van der Waals surface area contributed by atoms with E-state index in [0.717, 1.165) is 10.0 Å². The number of nitrogen functional groups attached to an aromatic ring is 1. The average molecular weight is 337 g/mol. The highest BCUT2D eigenvalue weighted by molar-refractivity contribution is 9.10. The second-order valence-corrected chi connectivity index (χ2v) is 5.13. The molecule has 0 fully saturated rings. The molecule has 1 aromatic carbocycles. The van der Waals surface area contributed by atoms with E-state index in [9.17, 15) is 10.1 Å². The lowest BCUT2D eigenvalue weighted by Crippen LogP contribution is -2.18. The van der Waals surface area contributed by atoms with Gasteiger partial charge in [-0.05, 0) is 17.7 Å². The Kier molecular flexibility index (Phi) is 4.19. The molecular weight excluding hydrogens is 324 g/mol. The Labute approximate surface area is 124 Å². The lowest BCUT2D eigenvalue weighted by atomic mass is 10.2. The van der Waals surface area contributed by atoms with E-state index in [-0.39, 0.29) is 11.5 Å². The number of hydrogen-bond acceptors (Lipinski definition) is 5. The predicted octanol–water partition coefficient (Wildman–Crippen LogP) is 2.97. The van der Waals surface area contributed by atoms with E-state index in [1.807, 2.05) is 36.2 Å². The third-order valence-corrected chi connectivity index (χ3v) is 3.61. The van der Waals surface area contributed by atoms with Gasteiger partial charge >= 0.3 is 5.69 Å². The minimum Gasteiger partial charge on any atom is -0.378 e. The standard InChI is InChI=1S/C13H13BrN4O2/c1-17(8-9-4-2-3-5-10(9)14)12-7-6-11(18(19)20)13(15)16-12/h2-7H,8H2,1H3,(H2,15,16). The molecule has 104 valence electrons. The molecule has 0 aliphatic heterocycles. The first-order valence-corrected chi connectivity index (χ1v) is 6.64. The van der Waals surface area contributed by atoms with Gasteiger partial charge < -0.3 is 10.6 Å². The number of anilines is 2. The van der Waals surface area contributed by atoms with Crippen LogP contribution in [0.1, 0.15) is 5.56 Å². The van der Waals surface area contributed by atoms with Gasteiger partial charge in [0.25, 0.3) is 0 Å². The number of nitrogens with two attached hydrogens (primary N) is 1. The van der Waals surface area contributed by atoms with E-state index >= 15 is 0 Å². The molecular formula is C13H13BrN4O2. The number of nitro groups is 1. The molecule has 7 heteroatoms. The predicted molar refractivity (Wildman–Crippen MR) is 81.6 cm³/mol. The van der Waals surface area contributed by atoms with Crippen LogP contribution in [0, 0.1) is 10.1 Å². The average Bonchev–Trinajstić information content (AvgIpc) is 2.40. The summed E-state index contributed by atoms with van der Waals surface area (Å²) in [5.41, 5.74) is 6.51. The minimum atomic E-state index is -0.542. The number of aromatic nitrogens is 1. The summed E-state index contributed by atoms with van der Waals surface area (Å²) in [5, 5.41) is 10.7. The Morgan fingerprint density at radius 1 is 1.35 bits per heavy atom. The zero-order valence-corrected chi connectivity index (χ0v) is 12.4. The molecule has 1 aromatic heterocycles. The van der Waals surface area contributed by atoms with E-state index in [1.165, 1.54) is 6.07 Å². The van der Waals surface area contributed by atoms with Crippen molar-refractivity contribution in [1.29, 1.82) is 0 Å². The zero-order valence-electron chi connectivity index (χ0n) is 10.8. The zero-order chi connectivity index (χ0) is 14.7. The molecule has 0 unspecified atom stereocenters. The molecule has 20 heavy (non-hydrogen) atoms. The molecule has 0 saturated carbocycles. The normalized spacial score (nSPS) is 10.3. The van der Waals surface area contributed by atoms with Crippen LogP contribution in [0.15, 0.2) is 40.9 Å². The maximum Gasteiger partial charge on any atom is 0.311 e.